The number of nitrogens with one attached hydrogen (secondary N) is 1. The van der Waals surface area contributed by atoms with Crippen LogP contribution < -0.4 is 5.32 Å². The zero-order valence-corrected chi connectivity index (χ0v) is 60.3. The van der Waals surface area contributed by atoms with Crippen LogP contribution in [0.1, 0.15) is 264 Å². The van der Waals surface area contributed by atoms with Crippen LogP contribution in [0.4, 0.5) is 0 Å². The van der Waals surface area contributed by atoms with Gasteiger partial charge >= 0.3 is 0 Å². The van der Waals surface area contributed by atoms with Crippen molar-refractivity contribution in [2.24, 2.45) is 0 Å². The van der Waals surface area contributed by atoms with Crippen molar-refractivity contribution in [2.45, 2.75) is 338 Å². The third-order valence-corrected chi connectivity index (χ3v) is 17.4. The lowest BCUT2D eigenvalue weighted by Gasteiger charge is -2.46. The Bertz CT molecular complexity index is 2240. The summed E-state index contributed by atoms with van der Waals surface area (Å²) in [6, 6.07) is -0.977. The van der Waals surface area contributed by atoms with Gasteiger partial charge in [0.1, 0.15) is 48.8 Å². The summed E-state index contributed by atoms with van der Waals surface area (Å²) in [5.74, 6) is -0.300. The Balaban J connectivity index is 1.71. The summed E-state index contributed by atoms with van der Waals surface area (Å²) in [7, 11) is 0. The standard InChI is InChI=1S/C83H137NO13/c1-3-5-7-9-11-13-15-17-19-21-23-25-27-29-31-33-35-36-37-39-41-43-45-47-49-51-53-55-57-59-61-63-65-67-75(88)84-71(70-94-82-80(93)78(91)81(74(69-86)96-82)97-83-79(92)77(90)76(89)73(68-85)95-83)72(87)66-64-62-60-58-56-54-52-50-48-46-44-42-40-38-34-32-30-28-26-24-22-20-18-16-14-12-10-8-6-4-2/h5,7,11,13,17,19,23,25,29,31,35-36,39,41,45,47-48,50-51,53,56-59,64,66,71-74,76-83,85-87,89-93H,3-4,6,8-10,12,14-16,18,20-22,24,26-28,30,32-34,37-38,40,42-44,46,49,52,54-55,60-63,65,67-70H2,1-2H3,(H,84,88)/b7-5-,13-11-,19-17-,25-23-,31-29-,36-35-,41-39-,47-45-,50-48+,53-51-,58-56+,59-57-,66-64+. The van der Waals surface area contributed by atoms with Crippen molar-refractivity contribution in [3.63, 3.8) is 0 Å². The van der Waals surface area contributed by atoms with Crippen molar-refractivity contribution < 1.29 is 64.6 Å². The molecular formula is C83H137NO13. The van der Waals surface area contributed by atoms with E-state index in [4.69, 9.17) is 18.9 Å². The van der Waals surface area contributed by atoms with Gasteiger partial charge in [-0.2, -0.15) is 0 Å². The Kier molecular flexibility index (Phi) is 59.4. The van der Waals surface area contributed by atoms with E-state index in [1.54, 1.807) is 6.08 Å². The van der Waals surface area contributed by atoms with Gasteiger partial charge in [-0.05, 0) is 122 Å². The fourth-order valence-corrected chi connectivity index (χ4v) is 11.4. The van der Waals surface area contributed by atoms with Crippen molar-refractivity contribution in [1.82, 2.24) is 5.32 Å². The molecule has 14 nitrogen and oxygen atoms in total. The summed E-state index contributed by atoms with van der Waals surface area (Å²) in [5.41, 5.74) is 0. The minimum absolute atomic E-state index is 0.204. The first kappa shape index (κ1) is 88.7. The van der Waals surface area contributed by atoms with E-state index in [1.165, 1.54) is 128 Å². The van der Waals surface area contributed by atoms with Crippen LogP contribution in [0.25, 0.3) is 0 Å². The lowest BCUT2D eigenvalue weighted by molar-refractivity contribution is -0.359. The molecule has 9 N–H and O–H groups in total. The second kappa shape index (κ2) is 65.0. The molecule has 12 unspecified atom stereocenters. The van der Waals surface area contributed by atoms with Crippen LogP contribution in [0.2, 0.25) is 0 Å². The molecule has 552 valence electrons. The highest BCUT2D eigenvalue weighted by Crippen LogP contribution is 2.30. The summed E-state index contributed by atoms with van der Waals surface area (Å²) in [4.78, 5) is 13.3. The molecular weight excluding hydrogens is 1220 g/mol. The molecule has 0 aromatic heterocycles. The number of aliphatic hydroxyl groups excluding tert-OH is 8. The summed E-state index contributed by atoms with van der Waals surface area (Å²) in [6.45, 7) is 2.64. The Hall–Kier alpha value is -4.39. The van der Waals surface area contributed by atoms with Gasteiger partial charge in [0, 0.05) is 6.42 Å². The first-order valence-corrected chi connectivity index (χ1v) is 38.2. The topological polar surface area (TPSA) is 228 Å². The fraction of sp³-hybridized carbons (Fsp3) is 0.675. The van der Waals surface area contributed by atoms with E-state index in [1.807, 2.05) is 6.08 Å². The number of allylic oxidation sites excluding steroid dienone is 25. The molecule has 2 aliphatic rings. The fourth-order valence-electron chi connectivity index (χ4n) is 11.4. The van der Waals surface area contributed by atoms with E-state index in [0.717, 1.165) is 103 Å². The minimum Gasteiger partial charge on any atom is -0.394 e. The monoisotopic (exact) mass is 1360 g/mol. The van der Waals surface area contributed by atoms with Gasteiger partial charge in [-0.15, -0.1) is 0 Å². The number of carbonyl (C=O) groups excluding carboxylic acids is 1. The van der Waals surface area contributed by atoms with Crippen molar-refractivity contribution in [3.8, 4) is 0 Å². The Morgan fingerprint density at radius 3 is 1.13 bits per heavy atom. The van der Waals surface area contributed by atoms with Gasteiger partial charge in [0.2, 0.25) is 5.91 Å². The lowest BCUT2D eigenvalue weighted by atomic mass is 9.97. The molecule has 0 aliphatic carbocycles. The third kappa shape index (κ3) is 48.1. The summed E-state index contributed by atoms with van der Waals surface area (Å²) < 4.78 is 22.8. The van der Waals surface area contributed by atoms with Gasteiger partial charge in [0.05, 0.1) is 32.0 Å². The number of carbonyl (C=O) groups is 1. The molecule has 0 aromatic carbocycles. The predicted molar refractivity (Wildman–Crippen MR) is 401 cm³/mol. The van der Waals surface area contributed by atoms with Gasteiger partial charge in [0.25, 0.3) is 0 Å². The van der Waals surface area contributed by atoms with Gasteiger partial charge < -0.3 is 65.1 Å². The van der Waals surface area contributed by atoms with E-state index >= 15 is 0 Å². The average Bonchev–Trinajstić information content (AvgIpc) is 0.794. The zero-order valence-electron chi connectivity index (χ0n) is 60.3. The average molecular weight is 1360 g/mol. The highest BCUT2D eigenvalue weighted by Gasteiger charge is 2.51. The van der Waals surface area contributed by atoms with Gasteiger partial charge in [-0.1, -0.05) is 294 Å². The highest BCUT2D eigenvalue weighted by atomic mass is 16.7. The Morgan fingerprint density at radius 2 is 0.722 bits per heavy atom. The predicted octanol–water partition coefficient (Wildman–Crippen LogP) is 17.0. The Labute approximate surface area is 588 Å². The number of ether oxygens (including phenoxy) is 4. The van der Waals surface area contributed by atoms with Crippen LogP contribution in [0.15, 0.2) is 158 Å². The van der Waals surface area contributed by atoms with Gasteiger partial charge in [0.15, 0.2) is 12.6 Å². The molecule has 2 heterocycles. The highest BCUT2D eigenvalue weighted by molar-refractivity contribution is 5.76. The quantitative estimate of drug-likeness (QED) is 0.0204. The maximum Gasteiger partial charge on any atom is 0.220 e. The molecule has 2 fully saturated rings. The smallest absolute Gasteiger partial charge is 0.220 e. The first-order valence-electron chi connectivity index (χ1n) is 38.2. The molecule has 0 saturated carbocycles. The van der Waals surface area contributed by atoms with Crippen LogP contribution in [-0.4, -0.2) is 140 Å². The normalized spacial score (nSPS) is 23.1. The van der Waals surface area contributed by atoms with Crippen molar-refractivity contribution >= 4 is 5.91 Å². The van der Waals surface area contributed by atoms with E-state index < -0.39 is 86.8 Å². The number of unbranched alkanes of at least 4 members (excludes halogenated alkanes) is 24. The number of hydrogen-bond acceptors (Lipinski definition) is 13. The third-order valence-electron chi connectivity index (χ3n) is 17.4. The molecule has 0 spiro atoms. The van der Waals surface area contributed by atoms with Crippen LogP contribution in [0.5, 0.6) is 0 Å². The maximum atomic E-state index is 13.3. The second-order valence-corrected chi connectivity index (χ2v) is 26.0. The minimum atomic E-state index is -1.81. The van der Waals surface area contributed by atoms with Crippen LogP contribution in [-0.2, 0) is 23.7 Å². The van der Waals surface area contributed by atoms with E-state index in [0.29, 0.717) is 12.8 Å². The molecule has 0 bridgehead atoms. The van der Waals surface area contributed by atoms with Crippen molar-refractivity contribution in [3.05, 3.63) is 158 Å². The van der Waals surface area contributed by atoms with E-state index in [2.05, 4.69) is 165 Å². The van der Waals surface area contributed by atoms with E-state index in [-0.39, 0.29) is 18.9 Å². The Morgan fingerprint density at radius 1 is 0.381 bits per heavy atom. The van der Waals surface area contributed by atoms with E-state index in [9.17, 15) is 45.6 Å². The molecule has 2 aliphatic heterocycles. The molecule has 0 radical (unpaired) electrons. The number of hydrogen-bond donors (Lipinski definition) is 9. The molecule has 2 rings (SSSR count). The van der Waals surface area contributed by atoms with Gasteiger partial charge in [-0.25, -0.2) is 0 Å². The maximum absolute atomic E-state index is 13.3. The molecule has 97 heavy (non-hydrogen) atoms. The molecule has 1 amide bonds. The SMILES string of the molecule is CC/C=C\C/C=C\C/C=C\C/C=C\C/C=C\C/C=C\C/C=C\C/C=C\C/C=C\C/C=C\CCCCC(=O)NC(COC1OC(CO)C(OC2OC(CO)C(O)C(O)C2O)C(O)C1O)C(O)/C=C/CC/C=C/CC/C=C/CCCCCCCCCCCCCCCCCCCCCC. The van der Waals surface area contributed by atoms with Crippen LogP contribution >= 0.6 is 0 Å². The number of aliphatic hydroxyl groups is 8. The molecule has 12 atom stereocenters. The molecule has 2 saturated heterocycles. The van der Waals surface area contributed by atoms with Crippen LogP contribution in [0.3, 0.4) is 0 Å². The number of amides is 1. The van der Waals surface area contributed by atoms with Crippen molar-refractivity contribution in [1.29, 1.82) is 0 Å². The van der Waals surface area contributed by atoms with Crippen LogP contribution in [0, 0.1) is 0 Å². The van der Waals surface area contributed by atoms with Gasteiger partial charge in [-0.3, -0.25) is 4.79 Å². The zero-order chi connectivity index (χ0) is 70.1. The summed E-state index contributed by atoms with van der Waals surface area (Å²) >= 11 is 0. The summed E-state index contributed by atoms with van der Waals surface area (Å²) in [5, 5.41) is 87.5. The van der Waals surface area contributed by atoms with Crippen molar-refractivity contribution in [2.75, 3.05) is 19.8 Å². The lowest BCUT2D eigenvalue weighted by Crippen LogP contribution is -2.65. The summed E-state index contributed by atoms with van der Waals surface area (Å²) in [6.07, 6.45) is 83.1. The first-order chi connectivity index (χ1) is 47.6. The molecule has 0 aromatic rings. The molecule has 14 heteroatoms. The second-order valence-electron chi connectivity index (χ2n) is 26.0. The largest absolute Gasteiger partial charge is 0.394 e. The number of rotatable bonds is 61.